The molecule has 0 atom stereocenters. The van der Waals surface area contributed by atoms with E-state index in [1.54, 1.807) is 48.2 Å². The lowest BCUT2D eigenvalue weighted by Crippen LogP contribution is -2.29. The van der Waals surface area contributed by atoms with E-state index in [0.717, 1.165) is 5.56 Å². The molecule has 32 heavy (non-hydrogen) atoms. The average molecular weight is 427 g/mol. The summed E-state index contributed by atoms with van der Waals surface area (Å²) < 4.78 is 8.28. The van der Waals surface area contributed by atoms with Gasteiger partial charge in [0.05, 0.1) is 18.1 Å². The highest BCUT2D eigenvalue weighted by atomic mass is 16.5. The number of amides is 1. The number of benzene rings is 1. The lowest BCUT2D eigenvalue weighted by molar-refractivity contribution is 0.0997. The fourth-order valence-electron chi connectivity index (χ4n) is 3.62. The standard InChI is InChI=1S/C24H21N5O3/c1-4-11-28-21(27-23(30)16-7-9-18(32-3)10-8-16)17(14-25)13-19-22(28)26-20-15(2)6-5-12-29(20)24(19)31/h5-10,12-13H,4,11H2,1-3H3. The molecule has 0 aliphatic rings. The van der Waals surface area contributed by atoms with Gasteiger partial charge in [-0.1, -0.05) is 13.0 Å². The number of fused-ring (bicyclic) bond motifs is 2. The first-order chi connectivity index (χ1) is 15.5. The van der Waals surface area contributed by atoms with Crippen molar-refractivity contribution in [3.05, 3.63) is 81.2 Å². The summed E-state index contributed by atoms with van der Waals surface area (Å²) >= 11 is 0. The fraction of sp³-hybridized carbons (Fsp3) is 0.208. The number of ether oxygens (including phenoxy) is 1. The summed E-state index contributed by atoms with van der Waals surface area (Å²) in [6.45, 7) is 4.28. The van der Waals surface area contributed by atoms with Crippen LogP contribution in [0.1, 0.15) is 34.8 Å². The molecule has 0 aliphatic carbocycles. The molecule has 3 heterocycles. The topological polar surface area (TPSA) is 102 Å². The van der Waals surface area contributed by atoms with E-state index in [-0.39, 0.29) is 16.6 Å². The molecule has 0 bridgehead atoms. The zero-order chi connectivity index (χ0) is 22.8. The lowest BCUT2D eigenvalue weighted by atomic mass is 10.2. The minimum absolute atomic E-state index is 0.138. The quantitative estimate of drug-likeness (QED) is 0.466. The maximum absolute atomic E-state index is 13.2. The van der Waals surface area contributed by atoms with Gasteiger partial charge in [0.2, 0.25) is 0 Å². The third kappa shape index (κ3) is 3.54. The molecule has 0 fully saturated rings. The first-order valence-corrected chi connectivity index (χ1v) is 10.2. The SMILES string of the molecule is CCCn1c(=NC(=O)c2ccc(OC)cc2)c(C#N)cc2c(=O)n3cccc(C)c3nc21. The normalized spacial score (nSPS) is 11.6. The molecule has 4 aromatic rings. The van der Waals surface area contributed by atoms with Crippen molar-refractivity contribution < 1.29 is 9.53 Å². The smallest absolute Gasteiger partial charge is 0.278 e. The Morgan fingerprint density at radius 3 is 2.62 bits per heavy atom. The summed E-state index contributed by atoms with van der Waals surface area (Å²) in [5.74, 6) is 0.125. The van der Waals surface area contributed by atoms with E-state index in [2.05, 4.69) is 11.1 Å². The second kappa shape index (κ2) is 8.47. The van der Waals surface area contributed by atoms with Gasteiger partial charge in [0.25, 0.3) is 11.5 Å². The summed E-state index contributed by atoms with van der Waals surface area (Å²) in [6.07, 6.45) is 2.35. The number of nitrogens with zero attached hydrogens (tertiary/aromatic N) is 5. The van der Waals surface area contributed by atoms with Crippen molar-refractivity contribution in [3.8, 4) is 11.8 Å². The number of hydrogen-bond donors (Lipinski definition) is 0. The van der Waals surface area contributed by atoms with Crippen molar-refractivity contribution in [2.45, 2.75) is 26.8 Å². The maximum atomic E-state index is 13.2. The Labute approximate surface area is 183 Å². The number of aromatic nitrogens is 3. The van der Waals surface area contributed by atoms with E-state index in [9.17, 15) is 14.9 Å². The lowest BCUT2D eigenvalue weighted by Gasteiger charge is -2.13. The number of aryl methyl sites for hydroxylation is 2. The average Bonchev–Trinajstić information content (AvgIpc) is 2.81. The van der Waals surface area contributed by atoms with Crippen molar-refractivity contribution in [2.75, 3.05) is 7.11 Å². The number of methoxy groups -OCH3 is 1. The molecule has 1 aromatic carbocycles. The van der Waals surface area contributed by atoms with Gasteiger partial charge in [-0.15, -0.1) is 0 Å². The Morgan fingerprint density at radius 1 is 1.22 bits per heavy atom. The van der Waals surface area contributed by atoms with Crippen LogP contribution < -0.4 is 15.8 Å². The van der Waals surface area contributed by atoms with Crippen LogP contribution in [0.2, 0.25) is 0 Å². The van der Waals surface area contributed by atoms with Gasteiger partial charge in [0, 0.05) is 18.3 Å². The largest absolute Gasteiger partial charge is 0.497 e. The molecule has 160 valence electrons. The van der Waals surface area contributed by atoms with Crippen LogP contribution >= 0.6 is 0 Å². The molecule has 3 aromatic heterocycles. The number of hydrogen-bond acceptors (Lipinski definition) is 5. The molecular weight excluding hydrogens is 406 g/mol. The zero-order valence-corrected chi connectivity index (χ0v) is 18.0. The second-order valence-electron chi connectivity index (χ2n) is 7.33. The van der Waals surface area contributed by atoms with Crippen LogP contribution in [0, 0.1) is 18.3 Å². The van der Waals surface area contributed by atoms with E-state index in [1.165, 1.54) is 10.5 Å². The molecule has 0 aliphatic heterocycles. The molecule has 1 amide bonds. The van der Waals surface area contributed by atoms with Gasteiger partial charge in [-0.2, -0.15) is 10.3 Å². The third-order valence-electron chi connectivity index (χ3n) is 5.22. The monoisotopic (exact) mass is 427 g/mol. The maximum Gasteiger partial charge on any atom is 0.278 e. The summed E-state index contributed by atoms with van der Waals surface area (Å²) in [5.41, 5.74) is 2.17. The molecule has 0 spiro atoms. The minimum Gasteiger partial charge on any atom is -0.497 e. The highest BCUT2D eigenvalue weighted by molar-refractivity contribution is 5.95. The minimum atomic E-state index is -0.498. The van der Waals surface area contributed by atoms with Gasteiger partial charge in [-0.3, -0.25) is 14.0 Å². The molecule has 0 saturated heterocycles. The number of pyridine rings is 2. The Balaban J connectivity index is 2.06. The molecule has 0 radical (unpaired) electrons. The Bertz CT molecular complexity index is 1520. The molecular formula is C24H21N5O3. The summed E-state index contributed by atoms with van der Waals surface area (Å²) in [7, 11) is 1.55. The van der Waals surface area contributed by atoms with E-state index in [4.69, 9.17) is 9.72 Å². The van der Waals surface area contributed by atoms with Gasteiger partial charge < -0.3 is 9.30 Å². The molecule has 0 N–H and O–H groups in total. The summed E-state index contributed by atoms with van der Waals surface area (Å²) in [4.78, 5) is 35.1. The number of carbonyl (C=O) groups is 1. The van der Waals surface area contributed by atoms with Crippen LogP contribution in [-0.2, 0) is 6.54 Å². The highest BCUT2D eigenvalue weighted by Gasteiger charge is 2.16. The Kier molecular flexibility index (Phi) is 5.56. The van der Waals surface area contributed by atoms with Crippen molar-refractivity contribution in [3.63, 3.8) is 0 Å². The van der Waals surface area contributed by atoms with Crippen molar-refractivity contribution in [1.29, 1.82) is 5.26 Å². The summed E-state index contributed by atoms with van der Waals surface area (Å²) in [5, 5.41) is 10.1. The number of carbonyl (C=O) groups excluding carboxylic acids is 1. The highest BCUT2D eigenvalue weighted by Crippen LogP contribution is 2.14. The van der Waals surface area contributed by atoms with Gasteiger partial charge in [0.1, 0.15) is 23.1 Å². The van der Waals surface area contributed by atoms with Crippen molar-refractivity contribution in [2.24, 2.45) is 4.99 Å². The zero-order valence-electron chi connectivity index (χ0n) is 18.0. The van der Waals surface area contributed by atoms with Gasteiger partial charge in [-0.05, 0) is 55.3 Å². The molecule has 4 rings (SSSR count). The van der Waals surface area contributed by atoms with E-state index in [0.29, 0.717) is 41.0 Å². The molecule has 0 saturated carbocycles. The van der Waals surface area contributed by atoms with E-state index >= 15 is 0 Å². The predicted molar refractivity (Wildman–Crippen MR) is 120 cm³/mol. The van der Waals surface area contributed by atoms with Crippen molar-refractivity contribution >= 4 is 22.6 Å². The van der Waals surface area contributed by atoms with Gasteiger partial charge in [0.15, 0.2) is 5.49 Å². The van der Waals surface area contributed by atoms with Crippen LogP contribution in [0.3, 0.4) is 0 Å². The van der Waals surface area contributed by atoms with E-state index in [1.807, 2.05) is 19.9 Å². The van der Waals surface area contributed by atoms with Crippen LogP contribution in [0.25, 0.3) is 16.7 Å². The van der Waals surface area contributed by atoms with Gasteiger partial charge >= 0.3 is 0 Å². The predicted octanol–water partition coefficient (Wildman–Crippen LogP) is 2.99. The second-order valence-corrected chi connectivity index (χ2v) is 7.33. The fourth-order valence-corrected chi connectivity index (χ4v) is 3.62. The van der Waals surface area contributed by atoms with Crippen LogP contribution in [0.5, 0.6) is 5.75 Å². The van der Waals surface area contributed by atoms with Crippen molar-refractivity contribution in [1.82, 2.24) is 14.0 Å². The Morgan fingerprint density at radius 2 is 1.97 bits per heavy atom. The molecule has 8 nitrogen and oxygen atoms in total. The molecule has 0 unspecified atom stereocenters. The molecule has 8 heteroatoms. The number of nitriles is 1. The van der Waals surface area contributed by atoms with E-state index < -0.39 is 5.91 Å². The first kappa shape index (κ1) is 21.0. The third-order valence-corrected chi connectivity index (χ3v) is 5.22. The number of rotatable bonds is 4. The van der Waals surface area contributed by atoms with Crippen LogP contribution in [0.4, 0.5) is 0 Å². The van der Waals surface area contributed by atoms with Crippen LogP contribution in [-0.4, -0.2) is 27.0 Å². The Hall–Kier alpha value is -4.25. The summed E-state index contributed by atoms with van der Waals surface area (Å²) in [6, 6.07) is 13.8. The first-order valence-electron chi connectivity index (χ1n) is 10.2. The van der Waals surface area contributed by atoms with Crippen LogP contribution in [0.15, 0.2) is 58.4 Å². The van der Waals surface area contributed by atoms with Gasteiger partial charge in [-0.25, -0.2) is 4.98 Å².